The summed E-state index contributed by atoms with van der Waals surface area (Å²) in [6.07, 6.45) is 5.86. The highest BCUT2D eigenvalue weighted by Gasteiger charge is 2.40. The summed E-state index contributed by atoms with van der Waals surface area (Å²) in [4.78, 5) is 31.7. The van der Waals surface area contributed by atoms with E-state index in [9.17, 15) is 14.9 Å². The number of non-ortho nitro benzene ring substituents is 1. The topological polar surface area (TPSA) is 79.0 Å². The fourth-order valence-corrected chi connectivity index (χ4v) is 5.11. The number of anilines is 1. The molecule has 2 fully saturated rings. The number of carbonyl (C=O) groups is 1. The molecule has 0 spiro atoms. The molecule has 1 saturated carbocycles. The van der Waals surface area contributed by atoms with Crippen LogP contribution >= 0.6 is 11.8 Å². The number of amides is 1. The van der Waals surface area contributed by atoms with E-state index in [0.717, 1.165) is 18.0 Å². The highest BCUT2D eigenvalue weighted by atomic mass is 32.2. The van der Waals surface area contributed by atoms with Gasteiger partial charge in [-0.05, 0) is 31.9 Å². The molecule has 146 valence electrons. The lowest BCUT2D eigenvalue weighted by Crippen LogP contribution is -2.50. The first-order chi connectivity index (χ1) is 12.9. The van der Waals surface area contributed by atoms with Crippen LogP contribution in [0.15, 0.2) is 29.3 Å². The van der Waals surface area contributed by atoms with Crippen molar-refractivity contribution in [3.05, 3.63) is 34.4 Å². The molecular formula is C19H26N4O3S. The quantitative estimate of drug-likeness (QED) is 0.573. The SMILES string of the molecule is CC(=O)N(c1ccc([N+](=O)[O-])cc1)C1C(C)SC(=NC2CCCCC2)N1C. The summed E-state index contributed by atoms with van der Waals surface area (Å²) in [6, 6.07) is 6.53. The minimum atomic E-state index is -0.434. The van der Waals surface area contributed by atoms with Crippen molar-refractivity contribution >= 4 is 34.2 Å². The lowest BCUT2D eigenvalue weighted by Gasteiger charge is -2.35. The van der Waals surface area contributed by atoms with E-state index < -0.39 is 4.92 Å². The molecule has 0 radical (unpaired) electrons. The summed E-state index contributed by atoms with van der Waals surface area (Å²) >= 11 is 1.70. The summed E-state index contributed by atoms with van der Waals surface area (Å²) < 4.78 is 0. The lowest BCUT2D eigenvalue weighted by molar-refractivity contribution is -0.384. The van der Waals surface area contributed by atoms with Gasteiger partial charge in [-0.25, -0.2) is 0 Å². The number of hydrogen-bond donors (Lipinski definition) is 0. The monoisotopic (exact) mass is 390 g/mol. The fraction of sp³-hybridized carbons (Fsp3) is 0.579. The first-order valence-corrected chi connectivity index (χ1v) is 10.3. The van der Waals surface area contributed by atoms with Gasteiger partial charge >= 0.3 is 0 Å². The van der Waals surface area contributed by atoms with Gasteiger partial charge in [0.15, 0.2) is 5.17 Å². The zero-order chi connectivity index (χ0) is 19.6. The maximum absolute atomic E-state index is 12.5. The predicted octanol–water partition coefficient (Wildman–Crippen LogP) is 4.03. The van der Waals surface area contributed by atoms with Gasteiger partial charge in [0, 0.05) is 37.0 Å². The summed E-state index contributed by atoms with van der Waals surface area (Å²) in [5.74, 6) is -0.0907. The highest BCUT2D eigenvalue weighted by molar-refractivity contribution is 8.14. The summed E-state index contributed by atoms with van der Waals surface area (Å²) in [7, 11) is 1.98. The van der Waals surface area contributed by atoms with Crippen molar-refractivity contribution in [1.82, 2.24) is 4.90 Å². The predicted molar refractivity (Wildman–Crippen MR) is 109 cm³/mol. The molecule has 3 rings (SSSR count). The van der Waals surface area contributed by atoms with Gasteiger partial charge in [0.1, 0.15) is 6.17 Å². The lowest BCUT2D eigenvalue weighted by atomic mass is 9.96. The second-order valence-corrected chi connectivity index (χ2v) is 8.56. The number of thioether (sulfide) groups is 1. The van der Waals surface area contributed by atoms with E-state index in [2.05, 4.69) is 11.8 Å². The van der Waals surface area contributed by atoms with E-state index in [1.54, 1.807) is 28.8 Å². The van der Waals surface area contributed by atoms with Gasteiger partial charge in [0.2, 0.25) is 5.91 Å². The third-order valence-corrected chi connectivity index (χ3v) is 6.44. The first-order valence-electron chi connectivity index (χ1n) is 9.40. The molecule has 0 N–H and O–H groups in total. The van der Waals surface area contributed by atoms with E-state index in [0.29, 0.717) is 11.7 Å². The Bertz CT molecular complexity index is 731. The van der Waals surface area contributed by atoms with Gasteiger partial charge < -0.3 is 4.90 Å². The van der Waals surface area contributed by atoms with Crippen molar-refractivity contribution in [3.8, 4) is 0 Å². The van der Waals surface area contributed by atoms with Crippen LogP contribution in [-0.2, 0) is 4.79 Å². The number of nitrogens with zero attached hydrogens (tertiary/aromatic N) is 4. The van der Waals surface area contributed by atoms with E-state index in [1.165, 1.54) is 38.3 Å². The van der Waals surface area contributed by atoms with Crippen LogP contribution in [-0.4, -0.2) is 45.4 Å². The Morgan fingerprint density at radius 2 is 1.89 bits per heavy atom. The molecule has 1 aliphatic heterocycles. The average molecular weight is 391 g/mol. The molecule has 0 aromatic heterocycles. The standard InChI is InChI=1S/C19H26N4O3S/c1-13-18(21(3)19(27-13)20-15-7-5-4-6-8-15)22(14(2)24)16-9-11-17(12-10-16)23(25)26/h9-13,15,18H,4-8H2,1-3H3. The van der Waals surface area contributed by atoms with Crippen LogP contribution in [0.1, 0.15) is 46.0 Å². The third kappa shape index (κ3) is 4.26. The van der Waals surface area contributed by atoms with Crippen LogP contribution in [0, 0.1) is 10.1 Å². The van der Waals surface area contributed by atoms with E-state index >= 15 is 0 Å². The largest absolute Gasteiger partial charge is 0.333 e. The van der Waals surface area contributed by atoms with Gasteiger partial charge in [0.25, 0.3) is 5.69 Å². The minimum Gasteiger partial charge on any atom is -0.333 e. The molecule has 0 bridgehead atoms. The smallest absolute Gasteiger partial charge is 0.269 e. The summed E-state index contributed by atoms with van der Waals surface area (Å²) in [5.41, 5.74) is 0.681. The molecule has 1 aliphatic carbocycles. The van der Waals surface area contributed by atoms with Crippen LogP contribution in [0.4, 0.5) is 11.4 Å². The van der Waals surface area contributed by atoms with Gasteiger partial charge in [-0.15, -0.1) is 0 Å². The maximum Gasteiger partial charge on any atom is 0.269 e. The third-order valence-electron chi connectivity index (χ3n) is 5.22. The van der Waals surface area contributed by atoms with E-state index in [1.807, 2.05) is 7.05 Å². The Hall–Kier alpha value is -2.09. The Balaban J connectivity index is 1.85. The number of rotatable bonds is 4. The Morgan fingerprint density at radius 3 is 2.44 bits per heavy atom. The molecule has 2 unspecified atom stereocenters. The molecule has 2 aliphatic rings. The van der Waals surface area contributed by atoms with Crippen molar-refractivity contribution in [2.45, 2.75) is 63.4 Å². The van der Waals surface area contributed by atoms with Gasteiger partial charge in [0.05, 0.1) is 11.0 Å². The molecule has 1 heterocycles. The Labute approximate surface area is 164 Å². The molecule has 1 aromatic rings. The zero-order valence-electron chi connectivity index (χ0n) is 16.0. The van der Waals surface area contributed by atoms with E-state index in [4.69, 9.17) is 4.99 Å². The number of nitro benzene ring substituents is 1. The van der Waals surface area contributed by atoms with E-state index in [-0.39, 0.29) is 23.0 Å². The van der Waals surface area contributed by atoms with Crippen LogP contribution in [0.25, 0.3) is 0 Å². The molecule has 1 saturated heterocycles. The summed E-state index contributed by atoms with van der Waals surface area (Å²) in [6.45, 7) is 3.62. The molecule has 1 aromatic carbocycles. The number of benzene rings is 1. The van der Waals surface area contributed by atoms with Crippen molar-refractivity contribution in [2.24, 2.45) is 4.99 Å². The van der Waals surface area contributed by atoms with Gasteiger partial charge in [-0.2, -0.15) is 0 Å². The summed E-state index contributed by atoms with van der Waals surface area (Å²) in [5, 5.41) is 12.0. The number of nitro groups is 1. The molecule has 8 heteroatoms. The second kappa shape index (κ2) is 8.29. The van der Waals surface area contributed by atoms with Crippen molar-refractivity contribution < 1.29 is 9.72 Å². The van der Waals surface area contributed by atoms with Crippen LogP contribution in [0.3, 0.4) is 0 Å². The molecular weight excluding hydrogens is 364 g/mol. The minimum absolute atomic E-state index is 0.0176. The van der Waals surface area contributed by atoms with Crippen LogP contribution in [0.2, 0.25) is 0 Å². The maximum atomic E-state index is 12.5. The van der Waals surface area contributed by atoms with Gasteiger partial charge in [-0.1, -0.05) is 31.0 Å². The van der Waals surface area contributed by atoms with Crippen LogP contribution < -0.4 is 4.90 Å². The first kappa shape index (κ1) is 19.7. The fourth-order valence-electron chi connectivity index (χ4n) is 3.87. The van der Waals surface area contributed by atoms with Crippen molar-refractivity contribution in [3.63, 3.8) is 0 Å². The molecule has 1 amide bonds. The molecule has 7 nitrogen and oxygen atoms in total. The second-order valence-electron chi connectivity index (χ2n) is 7.21. The van der Waals surface area contributed by atoms with Crippen LogP contribution in [0.5, 0.6) is 0 Å². The number of carbonyl (C=O) groups excluding carboxylic acids is 1. The molecule has 27 heavy (non-hydrogen) atoms. The Kier molecular flexibility index (Phi) is 6.04. The highest BCUT2D eigenvalue weighted by Crippen LogP contribution is 2.36. The average Bonchev–Trinajstić information content (AvgIpc) is 2.91. The van der Waals surface area contributed by atoms with Crippen molar-refractivity contribution in [1.29, 1.82) is 0 Å². The number of aliphatic imine (C=N–C) groups is 1. The zero-order valence-corrected chi connectivity index (χ0v) is 16.8. The van der Waals surface area contributed by atoms with Gasteiger partial charge in [-0.3, -0.25) is 24.8 Å². The van der Waals surface area contributed by atoms with Crippen molar-refractivity contribution in [2.75, 3.05) is 11.9 Å². The Morgan fingerprint density at radius 1 is 1.26 bits per heavy atom. The number of hydrogen-bond acceptors (Lipinski definition) is 5. The molecule has 2 atom stereocenters. The normalized spacial score (nSPS) is 25.0. The number of amidine groups is 1.